The second-order valence-corrected chi connectivity index (χ2v) is 6.79. The first kappa shape index (κ1) is 16.1. The molecule has 2 aliphatic rings. The minimum atomic E-state index is -0.210. The third-order valence-corrected chi connectivity index (χ3v) is 5.08. The SMILES string of the molecule is Cn1cnc(C(=O)N2CC3(C2)OCCC3CCOc2ccccn2)c1. The Balaban J connectivity index is 1.31. The zero-order valence-corrected chi connectivity index (χ0v) is 14.3. The van der Waals surface area contributed by atoms with Crippen molar-refractivity contribution in [3.05, 3.63) is 42.6 Å². The summed E-state index contributed by atoms with van der Waals surface area (Å²) in [6.45, 7) is 2.63. The van der Waals surface area contributed by atoms with E-state index in [4.69, 9.17) is 9.47 Å². The first-order valence-electron chi connectivity index (χ1n) is 8.61. The second-order valence-electron chi connectivity index (χ2n) is 6.79. The van der Waals surface area contributed by atoms with E-state index in [0.717, 1.165) is 19.4 Å². The van der Waals surface area contributed by atoms with E-state index < -0.39 is 0 Å². The van der Waals surface area contributed by atoms with Gasteiger partial charge in [0.15, 0.2) is 0 Å². The van der Waals surface area contributed by atoms with Gasteiger partial charge in [0, 0.05) is 32.1 Å². The number of imidazole rings is 1. The lowest BCUT2D eigenvalue weighted by atomic mass is 9.79. The molecule has 2 saturated heterocycles. The molecule has 7 heteroatoms. The van der Waals surface area contributed by atoms with Crippen LogP contribution in [0.4, 0.5) is 0 Å². The molecule has 2 aromatic heterocycles. The summed E-state index contributed by atoms with van der Waals surface area (Å²) in [5.74, 6) is 1.03. The Morgan fingerprint density at radius 3 is 3.00 bits per heavy atom. The Hall–Kier alpha value is -2.41. The highest BCUT2D eigenvalue weighted by Gasteiger charge is 2.54. The van der Waals surface area contributed by atoms with Crippen LogP contribution in [0.15, 0.2) is 36.9 Å². The van der Waals surface area contributed by atoms with Crippen LogP contribution < -0.4 is 4.74 Å². The fourth-order valence-corrected chi connectivity index (χ4v) is 3.71. The molecule has 0 aromatic carbocycles. The summed E-state index contributed by atoms with van der Waals surface area (Å²) in [6.07, 6.45) is 7.04. The van der Waals surface area contributed by atoms with E-state index in [2.05, 4.69) is 9.97 Å². The number of aryl methyl sites for hydroxylation is 1. The smallest absolute Gasteiger partial charge is 0.274 e. The van der Waals surface area contributed by atoms with Crippen LogP contribution in [0.3, 0.4) is 0 Å². The van der Waals surface area contributed by atoms with Crippen molar-refractivity contribution in [2.45, 2.75) is 18.4 Å². The summed E-state index contributed by atoms with van der Waals surface area (Å²) in [5.41, 5.74) is 0.281. The normalized spacial score (nSPS) is 21.3. The van der Waals surface area contributed by atoms with Crippen molar-refractivity contribution in [1.82, 2.24) is 19.4 Å². The molecule has 0 aliphatic carbocycles. The predicted molar refractivity (Wildman–Crippen MR) is 90.3 cm³/mol. The molecule has 4 heterocycles. The van der Waals surface area contributed by atoms with E-state index in [1.807, 2.05) is 30.1 Å². The zero-order valence-electron chi connectivity index (χ0n) is 14.3. The van der Waals surface area contributed by atoms with Crippen molar-refractivity contribution in [3.8, 4) is 5.88 Å². The Labute approximate surface area is 146 Å². The molecule has 1 unspecified atom stereocenters. The van der Waals surface area contributed by atoms with Gasteiger partial charge < -0.3 is 18.9 Å². The van der Waals surface area contributed by atoms with Gasteiger partial charge in [-0.2, -0.15) is 0 Å². The van der Waals surface area contributed by atoms with Gasteiger partial charge in [-0.15, -0.1) is 0 Å². The van der Waals surface area contributed by atoms with Gasteiger partial charge in [-0.1, -0.05) is 6.07 Å². The molecule has 1 amide bonds. The Kier molecular flexibility index (Phi) is 4.17. The molecular weight excluding hydrogens is 320 g/mol. The average Bonchev–Trinajstić information content (AvgIpc) is 3.20. The van der Waals surface area contributed by atoms with E-state index in [1.165, 1.54) is 0 Å². The Morgan fingerprint density at radius 2 is 2.28 bits per heavy atom. The molecule has 132 valence electrons. The van der Waals surface area contributed by atoms with Crippen molar-refractivity contribution in [3.63, 3.8) is 0 Å². The molecule has 1 atom stereocenters. The zero-order chi connectivity index (χ0) is 17.3. The third-order valence-electron chi connectivity index (χ3n) is 5.08. The van der Waals surface area contributed by atoms with Gasteiger partial charge in [-0.25, -0.2) is 9.97 Å². The van der Waals surface area contributed by atoms with E-state index in [0.29, 0.717) is 37.2 Å². The van der Waals surface area contributed by atoms with E-state index >= 15 is 0 Å². The fraction of sp³-hybridized carbons (Fsp3) is 0.500. The molecule has 2 aliphatic heterocycles. The summed E-state index contributed by atoms with van der Waals surface area (Å²) in [4.78, 5) is 22.6. The first-order chi connectivity index (χ1) is 12.2. The van der Waals surface area contributed by atoms with Crippen molar-refractivity contribution in [2.24, 2.45) is 13.0 Å². The van der Waals surface area contributed by atoms with Crippen LogP contribution in [0.25, 0.3) is 0 Å². The van der Waals surface area contributed by atoms with Gasteiger partial charge in [0.05, 0.1) is 26.0 Å². The van der Waals surface area contributed by atoms with E-state index in [1.54, 1.807) is 23.3 Å². The molecule has 0 bridgehead atoms. The highest BCUT2D eigenvalue weighted by atomic mass is 16.5. The van der Waals surface area contributed by atoms with Crippen molar-refractivity contribution in [1.29, 1.82) is 0 Å². The molecule has 4 rings (SSSR count). The minimum Gasteiger partial charge on any atom is -0.478 e. The summed E-state index contributed by atoms with van der Waals surface area (Å²) in [6, 6.07) is 5.64. The van der Waals surface area contributed by atoms with Crippen LogP contribution in [0.1, 0.15) is 23.3 Å². The standard InChI is InChI=1S/C18H22N4O3/c1-21-10-15(20-13-21)17(23)22-11-18(12-22)14(6-9-25-18)5-8-24-16-4-2-3-7-19-16/h2-4,7,10,13-14H,5-6,8-9,11-12H2,1H3. The largest absolute Gasteiger partial charge is 0.478 e. The number of aromatic nitrogens is 3. The van der Waals surface area contributed by atoms with Crippen LogP contribution in [-0.4, -0.2) is 57.2 Å². The number of carbonyl (C=O) groups excluding carboxylic acids is 1. The molecule has 25 heavy (non-hydrogen) atoms. The molecule has 2 aromatic rings. The Morgan fingerprint density at radius 1 is 1.40 bits per heavy atom. The van der Waals surface area contributed by atoms with Gasteiger partial charge in [0.2, 0.25) is 5.88 Å². The molecule has 0 radical (unpaired) electrons. The summed E-state index contributed by atoms with van der Waals surface area (Å²) in [5, 5.41) is 0. The highest BCUT2D eigenvalue weighted by Crippen LogP contribution is 2.42. The minimum absolute atomic E-state index is 0.0230. The number of ether oxygens (including phenoxy) is 2. The molecule has 7 nitrogen and oxygen atoms in total. The number of hydrogen-bond donors (Lipinski definition) is 0. The van der Waals surface area contributed by atoms with Crippen LogP contribution in [0, 0.1) is 5.92 Å². The maximum Gasteiger partial charge on any atom is 0.274 e. The molecule has 2 fully saturated rings. The van der Waals surface area contributed by atoms with Crippen molar-refractivity contribution < 1.29 is 14.3 Å². The predicted octanol–water partition coefficient (Wildman–Crippen LogP) is 1.52. The summed E-state index contributed by atoms with van der Waals surface area (Å²) in [7, 11) is 1.86. The van der Waals surface area contributed by atoms with Gasteiger partial charge in [0.25, 0.3) is 5.91 Å². The van der Waals surface area contributed by atoms with Crippen molar-refractivity contribution >= 4 is 5.91 Å². The van der Waals surface area contributed by atoms with E-state index in [-0.39, 0.29) is 11.5 Å². The lowest BCUT2D eigenvalue weighted by Crippen LogP contribution is -2.66. The molecule has 0 saturated carbocycles. The van der Waals surface area contributed by atoms with Gasteiger partial charge in [-0.05, 0) is 24.8 Å². The van der Waals surface area contributed by atoms with Crippen LogP contribution in [0.5, 0.6) is 5.88 Å². The number of nitrogens with zero attached hydrogens (tertiary/aromatic N) is 4. The number of carbonyl (C=O) groups is 1. The highest BCUT2D eigenvalue weighted by molar-refractivity contribution is 5.92. The van der Waals surface area contributed by atoms with Gasteiger partial charge in [-0.3, -0.25) is 4.79 Å². The number of amides is 1. The van der Waals surface area contributed by atoms with Crippen LogP contribution >= 0.6 is 0 Å². The van der Waals surface area contributed by atoms with Gasteiger partial charge in [0.1, 0.15) is 11.3 Å². The molecule has 1 spiro atoms. The number of pyridine rings is 1. The first-order valence-corrected chi connectivity index (χ1v) is 8.61. The maximum atomic E-state index is 12.4. The Bertz CT molecular complexity index is 740. The second kappa shape index (κ2) is 6.48. The fourth-order valence-electron chi connectivity index (χ4n) is 3.71. The number of likely N-dealkylation sites (tertiary alicyclic amines) is 1. The monoisotopic (exact) mass is 342 g/mol. The maximum absolute atomic E-state index is 12.4. The molecule has 0 N–H and O–H groups in total. The lowest BCUT2D eigenvalue weighted by molar-refractivity contribution is -0.119. The molecular formula is C18H22N4O3. The van der Waals surface area contributed by atoms with Crippen LogP contribution in [0.2, 0.25) is 0 Å². The number of rotatable bonds is 5. The van der Waals surface area contributed by atoms with E-state index in [9.17, 15) is 4.79 Å². The topological polar surface area (TPSA) is 69.5 Å². The average molecular weight is 342 g/mol. The van der Waals surface area contributed by atoms with Gasteiger partial charge >= 0.3 is 0 Å². The number of hydrogen-bond acceptors (Lipinski definition) is 5. The van der Waals surface area contributed by atoms with Crippen LogP contribution in [-0.2, 0) is 11.8 Å². The van der Waals surface area contributed by atoms with Crippen molar-refractivity contribution in [2.75, 3.05) is 26.3 Å². The summed E-state index contributed by atoms with van der Waals surface area (Å²) < 4.78 is 13.5. The lowest BCUT2D eigenvalue weighted by Gasteiger charge is -2.50. The third kappa shape index (κ3) is 3.11. The quantitative estimate of drug-likeness (QED) is 0.824. The summed E-state index contributed by atoms with van der Waals surface area (Å²) >= 11 is 0.